The average Bonchev–Trinajstić information content (AvgIpc) is 2.75. The van der Waals surface area contributed by atoms with Gasteiger partial charge in [-0.25, -0.2) is 0 Å². The molecule has 0 radical (unpaired) electrons. The molecular weight excluding hydrogens is 228 g/mol. The van der Waals surface area contributed by atoms with Crippen LogP contribution in [0.2, 0.25) is 0 Å². The van der Waals surface area contributed by atoms with E-state index >= 15 is 0 Å². The van der Waals surface area contributed by atoms with Crippen LogP contribution >= 0.6 is 0 Å². The Bertz CT molecular complexity index is 351. The summed E-state index contributed by atoms with van der Waals surface area (Å²) in [5.74, 6) is 0. The minimum absolute atomic E-state index is 0.230. The van der Waals surface area contributed by atoms with Gasteiger partial charge in [-0.2, -0.15) is 5.10 Å². The third-order valence-corrected chi connectivity index (χ3v) is 3.28. The van der Waals surface area contributed by atoms with E-state index < -0.39 is 0 Å². The topological polar surface area (TPSA) is 56.3 Å². The molecule has 5 nitrogen and oxygen atoms in total. The third-order valence-electron chi connectivity index (χ3n) is 3.28. The van der Waals surface area contributed by atoms with Crippen LogP contribution in [-0.4, -0.2) is 48.0 Å². The number of ether oxygens (including phenoxy) is 1. The maximum Gasteiger partial charge on any atom is 0.0670 e. The highest BCUT2D eigenvalue weighted by Gasteiger charge is 2.21. The molecule has 0 fully saturated rings. The highest BCUT2D eigenvalue weighted by Crippen LogP contribution is 2.22. The normalized spacial score (nSPS) is 13.2. The van der Waals surface area contributed by atoms with Gasteiger partial charge in [-0.1, -0.05) is 13.8 Å². The summed E-state index contributed by atoms with van der Waals surface area (Å²) in [7, 11) is 3.69. The summed E-state index contributed by atoms with van der Waals surface area (Å²) in [5.41, 5.74) is 8.36. The van der Waals surface area contributed by atoms with Gasteiger partial charge in [-0.05, 0) is 13.0 Å². The number of aromatic nitrogens is 2. The number of rotatable bonds is 8. The molecule has 1 aromatic heterocycles. The van der Waals surface area contributed by atoms with Crippen LogP contribution in [0.25, 0.3) is 0 Å². The molecule has 1 aromatic rings. The lowest BCUT2D eigenvalue weighted by atomic mass is 10.0. The Morgan fingerprint density at radius 1 is 1.50 bits per heavy atom. The van der Waals surface area contributed by atoms with E-state index in [1.807, 2.05) is 11.7 Å². The fourth-order valence-electron chi connectivity index (χ4n) is 2.32. The second-order valence-corrected chi connectivity index (χ2v) is 4.43. The lowest BCUT2D eigenvalue weighted by Gasteiger charge is -2.29. The van der Waals surface area contributed by atoms with E-state index in [-0.39, 0.29) is 6.04 Å². The van der Waals surface area contributed by atoms with E-state index in [2.05, 4.69) is 30.0 Å². The van der Waals surface area contributed by atoms with Gasteiger partial charge in [-0.15, -0.1) is 0 Å². The summed E-state index contributed by atoms with van der Waals surface area (Å²) in [6.07, 6.45) is 3.03. The predicted octanol–water partition coefficient (Wildman–Crippen LogP) is 0.951. The zero-order valence-electron chi connectivity index (χ0n) is 12.0. The second-order valence-electron chi connectivity index (χ2n) is 4.43. The first kappa shape index (κ1) is 15.1. The van der Waals surface area contributed by atoms with E-state index in [4.69, 9.17) is 10.5 Å². The molecule has 18 heavy (non-hydrogen) atoms. The molecule has 1 unspecified atom stereocenters. The van der Waals surface area contributed by atoms with Crippen LogP contribution in [0, 0.1) is 0 Å². The molecule has 5 heteroatoms. The van der Waals surface area contributed by atoms with Crippen molar-refractivity contribution in [3.8, 4) is 0 Å². The van der Waals surface area contributed by atoms with Crippen molar-refractivity contribution in [3.63, 3.8) is 0 Å². The van der Waals surface area contributed by atoms with Gasteiger partial charge in [0.05, 0.1) is 18.3 Å². The molecule has 1 heterocycles. The van der Waals surface area contributed by atoms with Crippen molar-refractivity contribution in [1.29, 1.82) is 0 Å². The largest absolute Gasteiger partial charge is 0.383 e. The van der Waals surface area contributed by atoms with E-state index in [1.54, 1.807) is 7.11 Å². The first-order valence-corrected chi connectivity index (χ1v) is 6.63. The summed E-state index contributed by atoms with van der Waals surface area (Å²) in [4.78, 5) is 2.35. The van der Waals surface area contributed by atoms with Crippen LogP contribution in [0.5, 0.6) is 0 Å². The number of hydrogen-bond acceptors (Lipinski definition) is 4. The Kier molecular flexibility index (Phi) is 6.32. The van der Waals surface area contributed by atoms with Gasteiger partial charge < -0.3 is 10.5 Å². The molecule has 0 aliphatic rings. The van der Waals surface area contributed by atoms with Crippen LogP contribution < -0.4 is 5.73 Å². The van der Waals surface area contributed by atoms with Crippen molar-refractivity contribution in [1.82, 2.24) is 14.7 Å². The average molecular weight is 254 g/mol. The number of aryl methyl sites for hydroxylation is 2. The molecule has 1 rings (SSSR count). The van der Waals surface area contributed by atoms with Crippen molar-refractivity contribution < 1.29 is 4.74 Å². The number of likely N-dealkylation sites (N-methyl/N-ethyl adjacent to an activating group) is 1. The van der Waals surface area contributed by atoms with Crippen LogP contribution in [0.4, 0.5) is 0 Å². The molecule has 1 atom stereocenters. The molecule has 0 aliphatic heterocycles. The Hall–Kier alpha value is -0.910. The van der Waals surface area contributed by atoms with E-state index in [1.165, 1.54) is 5.56 Å². The predicted molar refractivity (Wildman–Crippen MR) is 73.5 cm³/mol. The van der Waals surface area contributed by atoms with Gasteiger partial charge >= 0.3 is 0 Å². The molecule has 104 valence electrons. The molecule has 0 saturated heterocycles. The molecular formula is C13H26N4O. The summed E-state index contributed by atoms with van der Waals surface area (Å²) >= 11 is 0. The van der Waals surface area contributed by atoms with E-state index in [0.717, 1.165) is 31.8 Å². The standard InChI is InChI=1S/C13H26N4O/c1-5-12-11(10-16(3)15-12)13(9-14)17(6-2)7-8-18-4/h10,13H,5-9,14H2,1-4H3. The summed E-state index contributed by atoms with van der Waals surface area (Å²) < 4.78 is 7.04. The Balaban J connectivity index is 2.91. The van der Waals surface area contributed by atoms with Gasteiger partial charge in [0.1, 0.15) is 0 Å². The van der Waals surface area contributed by atoms with Gasteiger partial charge in [0.15, 0.2) is 0 Å². The first-order valence-electron chi connectivity index (χ1n) is 6.63. The van der Waals surface area contributed by atoms with Gasteiger partial charge in [0.2, 0.25) is 0 Å². The molecule has 0 bridgehead atoms. The molecule has 0 amide bonds. The van der Waals surface area contributed by atoms with E-state index in [9.17, 15) is 0 Å². The fraction of sp³-hybridized carbons (Fsp3) is 0.769. The van der Waals surface area contributed by atoms with E-state index in [0.29, 0.717) is 6.54 Å². The van der Waals surface area contributed by atoms with Crippen LogP contribution in [0.1, 0.15) is 31.1 Å². The van der Waals surface area contributed by atoms with Crippen molar-refractivity contribution in [2.24, 2.45) is 12.8 Å². The minimum atomic E-state index is 0.230. The fourth-order valence-corrected chi connectivity index (χ4v) is 2.32. The SMILES string of the molecule is CCc1nn(C)cc1C(CN)N(CC)CCOC. The first-order chi connectivity index (χ1) is 8.67. The quantitative estimate of drug-likeness (QED) is 0.750. The number of methoxy groups -OCH3 is 1. The molecule has 0 saturated carbocycles. The zero-order valence-corrected chi connectivity index (χ0v) is 12.0. The van der Waals surface area contributed by atoms with Crippen molar-refractivity contribution in [2.75, 3.05) is 33.4 Å². The number of nitrogens with two attached hydrogens (primary N) is 1. The molecule has 0 aliphatic carbocycles. The summed E-state index contributed by atoms with van der Waals surface area (Å²) in [6, 6.07) is 0.230. The summed E-state index contributed by atoms with van der Waals surface area (Å²) in [6.45, 7) is 7.48. The molecule has 0 spiro atoms. The molecule has 0 aromatic carbocycles. The summed E-state index contributed by atoms with van der Waals surface area (Å²) in [5, 5.41) is 4.50. The smallest absolute Gasteiger partial charge is 0.0670 e. The van der Waals surface area contributed by atoms with Gasteiger partial charge in [-0.3, -0.25) is 9.58 Å². The van der Waals surface area contributed by atoms with Crippen LogP contribution in [0.15, 0.2) is 6.20 Å². The minimum Gasteiger partial charge on any atom is -0.383 e. The highest BCUT2D eigenvalue weighted by atomic mass is 16.5. The Morgan fingerprint density at radius 2 is 2.22 bits per heavy atom. The van der Waals surface area contributed by atoms with Gasteiger partial charge in [0.25, 0.3) is 0 Å². The highest BCUT2D eigenvalue weighted by molar-refractivity contribution is 5.22. The Morgan fingerprint density at radius 3 is 2.72 bits per heavy atom. The van der Waals surface area contributed by atoms with Gasteiger partial charge in [0, 0.05) is 39.0 Å². The van der Waals surface area contributed by atoms with Crippen molar-refractivity contribution in [2.45, 2.75) is 26.3 Å². The zero-order chi connectivity index (χ0) is 13.5. The third kappa shape index (κ3) is 3.54. The maximum absolute atomic E-state index is 5.97. The Labute approximate surface area is 110 Å². The monoisotopic (exact) mass is 254 g/mol. The number of hydrogen-bond donors (Lipinski definition) is 1. The second kappa shape index (κ2) is 7.51. The van der Waals surface area contributed by atoms with Crippen molar-refractivity contribution >= 4 is 0 Å². The van der Waals surface area contributed by atoms with Crippen LogP contribution in [-0.2, 0) is 18.2 Å². The number of nitrogens with zero attached hydrogens (tertiary/aromatic N) is 3. The van der Waals surface area contributed by atoms with Crippen molar-refractivity contribution in [3.05, 3.63) is 17.5 Å². The lowest BCUT2D eigenvalue weighted by molar-refractivity contribution is 0.125. The molecule has 2 N–H and O–H groups in total. The maximum atomic E-state index is 5.97. The van der Waals surface area contributed by atoms with Crippen LogP contribution in [0.3, 0.4) is 0 Å². The lowest BCUT2D eigenvalue weighted by Crippen LogP contribution is -2.36.